The van der Waals surface area contributed by atoms with Gasteiger partial charge in [-0.2, -0.15) is 5.10 Å². The maximum absolute atomic E-state index is 13.6. The predicted molar refractivity (Wildman–Crippen MR) is 132 cm³/mol. The number of carbonyl (C=O) groups is 1. The third kappa shape index (κ3) is 4.43. The molecule has 8 nitrogen and oxygen atoms in total. The molecule has 1 atom stereocenters. The normalized spacial score (nSPS) is 15.7. The molecule has 1 aliphatic rings. The highest BCUT2D eigenvalue weighted by Crippen LogP contribution is 2.35. The standard InChI is InChI=1S/C27H21F2N5O3/c28-18-4-2-17(3-5-18)21-14-34(20-8-6-19(29)7-9-20)32-25(21)26-33(24(35)15-37-26)12-11-16-1-10-22-23(13-16)31-27(36)30-22/h1-10,13-14,26H,11-12,15H2,(H2,30,31,36)/t26-/m1/s1. The van der Waals surface area contributed by atoms with Gasteiger partial charge in [0, 0.05) is 18.3 Å². The Morgan fingerprint density at radius 1 is 0.919 bits per heavy atom. The molecule has 1 aliphatic heterocycles. The lowest BCUT2D eigenvalue weighted by Crippen LogP contribution is -2.31. The van der Waals surface area contributed by atoms with E-state index in [0.717, 1.165) is 5.56 Å². The van der Waals surface area contributed by atoms with Crippen molar-refractivity contribution in [3.63, 3.8) is 0 Å². The second-order valence-electron chi connectivity index (χ2n) is 8.82. The van der Waals surface area contributed by atoms with Crippen molar-refractivity contribution in [1.82, 2.24) is 24.6 Å². The molecule has 10 heteroatoms. The molecule has 0 spiro atoms. The van der Waals surface area contributed by atoms with E-state index in [1.807, 2.05) is 18.2 Å². The Morgan fingerprint density at radius 3 is 2.38 bits per heavy atom. The maximum atomic E-state index is 13.6. The number of H-pyrrole nitrogens is 2. The molecule has 0 saturated carbocycles. The molecule has 5 aromatic rings. The fourth-order valence-corrected chi connectivity index (χ4v) is 4.55. The molecule has 1 fully saturated rings. The van der Waals surface area contributed by atoms with E-state index < -0.39 is 6.23 Å². The zero-order chi connectivity index (χ0) is 25.5. The Bertz CT molecular complexity index is 1650. The van der Waals surface area contributed by atoms with Gasteiger partial charge in [0.25, 0.3) is 5.91 Å². The number of nitrogens with zero attached hydrogens (tertiary/aromatic N) is 3. The third-order valence-electron chi connectivity index (χ3n) is 6.41. The monoisotopic (exact) mass is 501 g/mol. The van der Waals surface area contributed by atoms with Crippen molar-refractivity contribution in [2.75, 3.05) is 13.2 Å². The van der Waals surface area contributed by atoms with Gasteiger partial charge in [0.1, 0.15) is 23.9 Å². The first-order valence-electron chi connectivity index (χ1n) is 11.7. The number of fused-ring (bicyclic) bond motifs is 1. The molecule has 1 amide bonds. The average Bonchev–Trinajstić information content (AvgIpc) is 3.59. The number of nitrogens with one attached hydrogen (secondary N) is 2. The van der Waals surface area contributed by atoms with Gasteiger partial charge in [-0.25, -0.2) is 18.3 Å². The summed E-state index contributed by atoms with van der Waals surface area (Å²) in [6.07, 6.45) is 1.53. The van der Waals surface area contributed by atoms with Crippen LogP contribution in [0.4, 0.5) is 8.78 Å². The van der Waals surface area contributed by atoms with Crippen LogP contribution < -0.4 is 5.69 Å². The lowest BCUT2D eigenvalue weighted by atomic mass is 10.1. The molecule has 6 rings (SSSR count). The van der Waals surface area contributed by atoms with Gasteiger partial charge in [0.05, 0.1) is 16.7 Å². The smallest absolute Gasteiger partial charge is 0.323 e. The van der Waals surface area contributed by atoms with Crippen LogP contribution >= 0.6 is 0 Å². The summed E-state index contributed by atoms with van der Waals surface area (Å²) in [5, 5.41) is 4.71. The molecular weight excluding hydrogens is 480 g/mol. The summed E-state index contributed by atoms with van der Waals surface area (Å²) in [5.74, 6) is -0.916. The molecule has 3 heterocycles. The SMILES string of the molecule is O=C1CO[C@H](c2nn(-c3ccc(F)cc3)cc2-c2ccc(F)cc2)N1CCc1ccc2[nH]c(=O)[nH]c2c1. The Hall–Kier alpha value is -4.57. The van der Waals surface area contributed by atoms with E-state index >= 15 is 0 Å². The van der Waals surface area contributed by atoms with E-state index in [1.165, 1.54) is 24.3 Å². The van der Waals surface area contributed by atoms with Gasteiger partial charge < -0.3 is 19.6 Å². The van der Waals surface area contributed by atoms with Crippen LogP contribution in [0, 0.1) is 11.6 Å². The van der Waals surface area contributed by atoms with E-state index in [4.69, 9.17) is 9.84 Å². The topological polar surface area (TPSA) is 96.0 Å². The maximum Gasteiger partial charge on any atom is 0.323 e. The molecule has 1 saturated heterocycles. The number of ether oxygens (including phenoxy) is 1. The number of aromatic nitrogens is 4. The number of aromatic amines is 2. The molecule has 0 unspecified atom stereocenters. The van der Waals surface area contributed by atoms with Crippen LogP contribution in [-0.2, 0) is 16.0 Å². The third-order valence-corrected chi connectivity index (χ3v) is 6.41. The largest absolute Gasteiger partial charge is 0.342 e. The number of hydrogen-bond acceptors (Lipinski definition) is 4. The molecule has 37 heavy (non-hydrogen) atoms. The van der Waals surface area contributed by atoms with E-state index in [1.54, 1.807) is 40.0 Å². The van der Waals surface area contributed by atoms with Crippen molar-refractivity contribution in [1.29, 1.82) is 0 Å². The van der Waals surface area contributed by atoms with Crippen molar-refractivity contribution in [2.24, 2.45) is 0 Å². The molecule has 2 N–H and O–H groups in total. The van der Waals surface area contributed by atoms with Gasteiger partial charge in [-0.1, -0.05) is 18.2 Å². The van der Waals surface area contributed by atoms with Gasteiger partial charge in [-0.05, 0) is 66.1 Å². The van der Waals surface area contributed by atoms with Gasteiger partial charge in [0.2, 0.25) is 0 Å². The number of hydrogen-bond donors (Lipinski definition) is 2. The summed E-state index contributed by atoms with van der Waals surface area (Å²) < 4.78 is 34.6. The van der Waals surface area contributed by atoms with Crippen LogP contribution in [0.1, 0.15) is 17.5 Å². The first-order chi connectivity index (χ1) is 17.9. The van der Waals surface area contributed by atoms with Gasteiger partial charge in [0.15, 0.2) is 6.23 Å². The van der Waals surface area contributed by atoms with Crippen LogP contribution in [0.15, 0.2) is 77.7 Å². The van der Waals surface area contributed by atoms with E-state index in [2.05, 4.69) is 9.97 Å². The minimum Gasteiger partial charge on any atom is -0.342 e. The Kier molecular flexibility index (Phi) is 5.65. The first-order valence-corrected chi connectivity index (χ1v) is 11.7. The zero-order valence-corrected chi connectivity index (χ0v) is 19.4. The molecule has 0 bridgehead atoms. The number of carbonyl (C=O) groups excluding carboxylic acids is 1. The number of rotatable bonds is 6. The summed E-state index contributed by atoms with van der Waals surface area (Å²) >= 11 is 0. The fraction of sp³-hybridized carbons (Fsp3) is 0.148. The van der Waals surface area contributed by atoms with Crippen LogP contribution in [0.25, 0.3) is 27.8 Å². The van der Waals surface area contributed by atoms with Crippen molar-refractivity contribution in [2.45, 2.75) is 12.6 Å². The predicted octanol–water partition coefficient (Wildman–Crippen LogP) is 4.09. The van der Waals surface area contributed by atoms with Crippen molar-refractivity contribution in [3.05, 3.63) is 106 Å². The fourth-order valence-electron chi connectivity index (χ4n) is 4.55. The minimum atomic E-state index is -0.759. The second-order valence-corrected chi connectivity index (χ2v) is 8.82. The van der Waals surface area contributed by atoms with Crippen molar-refractivity contribution < 1.29 is 18.3 Å². The van der Waals surface area contributed by atoms with Crippen LogP contribution in [0.2, 0.25) is 0 Å². The second kappa shape index (κ2) is 9.14. The summed E-state index contributed by atoms with van der Waals surface area (Å²) in [4.78, 5) is 31.5. The summed E-state index contributed by atoms with van der Waals surface area (Å²) in [5.41, 5.74) is 4.56. The van der Waals surface area contributed by atoms with E-state index in [0.29, 0.717) is 46.5 Å². The lowest BCUT2D eigenvalue weighted by molar-refractivity contribution is -0.128. The van der Waals surface area contributed by atoms with E-state index in [9.17, 15) is 18.4 Å². The van der Waals surface area contributed by atoms with Crippen molar-refractivity contribution >= 4 is 16.9 Å². The number of halogens is 2. The quantitative estimate of drug-likeness (QED) is 0.366. The number of amides is 1. The van der Waals surface area contributed by atoms with Gasteiger partial charge >= 0.3 is 5.69 Å². The van der Waals surface area contributed by atoms with Crippen LogP contribution in [-0.4, -0.2) is 43.7 Å². The first kappa shape index (κ1) is 22.9. The Balaban J connectivity index is 1.34. The summed E-state index contributed by atoms with van der Waals surface area (Å²) in [6.45, 7) is 0.261. The molecule has 3 aromatic carbocycles. The lowest BCUT2D eigenvalue weighted by Gasteiger charge is -2.23. The summed E-state index contributed by atoms with van der Waals surface area (Å²) in [7, 11) is 0. The molecular formula is C27H21F2N5O3. The van der Waals surface area contributed by atoms with Crippen molar-refractivity contribution in [3.8, 4) is 16.8 Å². The molecule has 0 aliphatic carbocycles. The van der Waals surface area contributed by atoms with Crippen LogP contribution in [0.5, 0.6) is 0 Å². The number of benzene rings is 3. The number of imidazole rings is 1. The van der Waals surface area contributed by atoms with Gasteiger partial charge in [-0.3, -0.25) is 4.79 Å². The highest BCUT2D eigenvalue weighted by molar-refractivity contribution is 5.80. The minimum absolute atomic E-state index is 0.0961. The highest BCUT2D eigenvalue weighted by Gasteiger charge is 2.36. The van der Waals surface area contributed by atoms with Gasteiger partial charge in [-0.15, -0.1) is 0 Å². The average molecular weight is 501 g/mol. The molecule has 186 valence electrons. The summed E-state index contributed by atoms with van der Waals surface area (Å²) in [6, 6.07) is 17.4. The highest BCUT2D eigenvalue weighted by atomic mass is 19.1. The Labute approximate surface area is 209 Å². The zero-order valence-electron chi connectivity index (χ0n) is 19.4. The molecule has 2 aromatic heterocycles. The van der Waals surface area contributed by atoms with Crippen LogP contribution in [0.3, 0.4) is 0 Å². The van der Waals surface area contributed by atoms with E-state index in [-0.39, 0.29) is 29.8 Å². The Morgan fingerprint density at radius 2 is 1.62 bits per heavy atom. The molecule has 0 radical (unpaired) electrons.